The van der Waals surface area contributed by atoms with Gasteiger partial charge in [-0.25, -0.2) is 23.1 Å². The number of halogens is 3. The maximum Gasteiger partial charge on any atom is 0.178 e. The van der Waals surface area contributed by atoms with Gasteiger partial charge in [-0.15, -0.1) is 0 Å². The molecule has 0 radical (unpaired) electrons. The summed E-state index contributed by atoms with van der Waals surface area (Å²) >= 11 is 0. The van der Waals surface area contributed by atoms with E-state index in [1.165, 1.54) is 6.07 Å². The molecule has 0 bridgehead atoms. The van der Waals surface area contributed by atoms with Crippen LogP contribution in [0.4, 0.5) is 18.9 Å². The molecule has 5 nitrogen and oxygen atoms in total. The lowest BCUT2D eigenvalue weighted by atomic mass is 9.86. The van der Waals surface area contributed by atoms with Gasteiger partial charge in [-0.05, 0) is 99.8 Å². The minimum atomic E-state index is -0.623. The van der Waals surface area contributed by atoms with Gasteiger partial charge >= 0.3 is 0 Å². The summed E-state index contributed by atoms with van der Waals surface area (Å²) in [7, 11) is 2.09. The van der Waals surface area contributed by atoms with E-state index in [2.05, 4.69) is 33.7 Å². The number of aromatic nitrogens is 2. The molecule has 1 aliphatic carbocycles. The molecule has 3 heterocycles. The van der Waals surface area contributed by atoms with Crippen LogP contribution >= 0.6 is 0 Å². The van der Waals surface area contributed by atoms with Crippen LogP contribution in [0.15, 0.2) is 36.5 Å². The minimum Gasteiger partial charge on any atom is -0.486 e. The average molecular weight is 551 g/mol. The molecule has 1 saturated carbocycles. The van der Waals surface area contributed by atoms with Gasteiger partial charge in [0.25, 0.3) is 0 Å². The lowest BCUT2D eigenvalue weighted by Crippen LogP contribution is -2.43. The maximum atomic E-state index is 15.3. The van der Waals surface area contributed by atoms with Crippen LogP contribution in [0.5, 0.6) is 5.75 Å². The fourth-order valence-corrected chi connectivity index (χ4v) is 6.58. The van der Waals surface area contributed by atoms with E-state index in [0.717, 1.165) is 68.9 Å². The molecule has 0 unspecified atom stereocenters. The molecule has 8 heteroatoms. The Kier molecular flexibility index (Phi) is 7.71. The van der Waals surface area contributed by atoms with Crippen molar-refractivity contribution in [2.45, 2.75) is 63.8 Å². The number of nitrogens with zero attached hydrogens (tertiary/aromatic N) is 4. The molecule has 1 aromatic heterocycles. The Balaban J connectivity index is 1.26. The molecule has 2 fully saturated rings. The van der Waals surface area contributed by atoms with Crippen molar-refractivity contribution in [2.75, 3.05) is 38.2 Å². The number of ether oxygens (including phenoxy) is 1. The van der Waals surface area contributed by atoms with Crippen molar-refractivity contribution in [3.05, 3.63) is 70.9 Å². The third-order valence-electron chi connectivity index (χ3n) is 8.99. The second-order valence-corrected chi connectivity index (χ2v) is 11.9. The molecule has 212 valence electrons. The van der Waals surface area contributed by atoms with Gasteiger partial charge in [-0.1, -0.05) is 19.1 Å². The summed E-state index contributed by atoms with van der Waals surface area (Å²) in [5.41, 5.74) is 2.52. The van der Waals surface area contributed by atoms with Crippen molar-refractivity contribution >= 4 is 5.69 Å². The molecule has 0 atom stereocenters. The first-order valence-corrected chi connectivity index (χ1v) is 14.6. The first-order chi connectivity index (χ1) is 19.4. The highest BCUT2D eigenvalue weighted by Crippen LogP contribution is 2.42. The molecule has 40 heavy (non-hydrogen) atoms. The summed E-state index contributed by atoms with van der Waals surface area (Å²) in [6.07, 6.45) is 7.63. The Morgan fingerprint density at radius 3 is 2.42 bits per heavy atom. The number of anilines is 1. The molecule has 2 aliphatic heterocycles. The van der Waals surface area contributed by atoms with Crippen molar-refractivity contribution in [1.29, 1.82) is 0 Å². The lowest BCUT2D eigenvalue weighted by Gasteiger charge is -2.40. The van der Waals surface area contributed by atoms with Crippen molar-refractivity contribution in [2.24, 2.45) is 5.92 Å². The van der Waals surface area contributed by atoms with Gasteiger partial charge in [0.2, 0.25) is 0 Å². The molecule has 6 rings (SSSR count). The minimum absolute atomic E-state index is 0.0397. The Labute approximate surface area is 234 Å². The zero-order chi connectivity index (χ0) is 27.8. The summed E-state index contributed by atoms with van der Waals surface area (Å²) in [6.45, 7) is 5.30. The highest BCUT2D eigenvalue weighted by molar-refractivity contribution is 5.72. The fraction of sp³-hybridized carbons (Fsp3) is 0.500. The van der Waals surface area contributed by atoms with Gasteiger partial charge in [0.15, 0.2) is 17.4 Å². The smallest absolute Gasteiger partial charge is 0.178 e. The predicted octanol–water partition coefficient (Wildman–Crippen LogP) is 6.74. The zero-order valence-corrected chi connectivity index (χ0v) is 23.3. The highest BCUT2D eigenvalue weighted by atomic mass is 19.1. The standard InChI is InChI=1S/C32H37F3N4O/c1-20-3-6-24(7-4-20)39-13-14-40-32-27(34)17-23(18-29(32)39)31-28(35)19-36-30(37-31)16-21-5-8-25(26(33)15-21)22-9-11-38(2)12-10-22/h5,8,15,17-20,22,24H,3-4,6-7,9-14,16H2,1-2H3. The Bertz CT molecular complexity index is 1370. The van der Waals surface area contributed by atoms with Crippen LogP contribution in [-0.2, 0) is 6.42 Å². The lowest BCUT2D eigenvalue weighted by molar-refractivity contribution is 0.253. The molecule has 0 amide bonds. The Morgan fingerprint density at radius 1 is 0.900 bits per heavy atom. The third-order valence-corrected chi connectivity index (χ3v) is 8.99. The molecule has 0 N–H and O–H groups in total. The van der Waals surface area contributed by atoms with Gasteiger partial charge in [0.05, 0.1) is 18.4 Å². The molecular formula is C32H37F3N4O. The molecule has 0 spiro atoms. The van der Waals surface area contributed by atoms with E-state index in [0.29, 0.717) is 42.2 Å². The van der Waals surface area contributed by atoms with E-state index < -0.39 is 11.6 Å². The predicted molar refractivity (Wildman–Crippen MR) is 150 cm³/mol. The van der Waals surface area contributed by atoms with Crippen LogP contribution < -0.4 is 9.64 Å². The van der Waals surface area contributed by atoms with E-state index in [1.807, 2.05) is 12.1 Å². The number of fused-ring (bicyclic) bond motifs is 1. The monoisotopic (exact) mass is 550 g/mol. The van der Waals surface area contributed by atoms with Gasteiger partial charge in [0, 0.05) is 18.0 Å². The van der Waals surface area contributed by atoms with Crippen molar-refractivity contribution in [3.63, 3.8) is 0 Å². The summed E-state index contributed by atoms with van der Waals surface area (Å²) in [5.74, 6) is 0.141. The number of hydrogen-bond acceptors (Lipinski definition) is 5. The first-order valence-electron chi connectivity index (χ1n) is 14.6. The number of rotatable bonds is 5. The average Bonchev–Trinajstić information content (AvgIpc) is 2.95. The number of benzene rings is 2. The number of piperidine rings is 1. The van der Waals surface area contributed by atoms with Gasteiger partial charge in [-0.3, -0.25) is 0 Å². The van der Waals surface area contributed by atoms with E-state index in [1.54, 1.807) is 12.1 Å². The highest BCUT2D eigenvalue weighted by Gasteiger charge is 2.31. The fourth-order valence-electron chi connectivity index (χ4n) is 6.58. The SMILES string of the molecule is CC1CCC(N2CCOc3c(F)cc(-c4nc(Cc5ccc(C6CCN(C)CC6)c(F)c5)ncc4F)cc32)CC1. The summed E-state index contributed by atoms with van der Waals surface area (Å²) < 4.78 is 51.1. The van der Waals surface area contributed by atoms with Crippen LogP contribution in [0.2, 0.25) is 0 Å². The Hall–Kier alpha value is -3.13. The number of likely N-dealkylation sites (tertiary alicyclic amines) is 1. The van der Waals surface area contributed by atoms with Crippen LogP contribution in [-0.4, -0.2) is 54.2 Å². The van der Waals surface area contributed by atoms with Gasteiger partial charge < -0.3 is 14.5 Å². The Morgan fingerprint density at radius 2 is 1.68 bits per heavy atom. The van der Waals surface area contributed by atoms with Gasteiger partial charge in [0.1, 0.15) is 23.9 Å². The quantitative estimate of drug-likeness (QED) is 0.352. The second-order valence-electron chi connectivity index (χ2n) is 11.9. The zero-order valence-electron chi connectivity index (χ0n) is 23.3. The normalized spacial score (nSPS) is 22.2. The molecule has 2 aromatic carbocycles. The van der Waals surface area contributed by atoms with E-state index in [9.17, 15) is 0 Å². The van der Waals surface area contributed by atoms with Crippen LogP contribution in [0.25, 0.3) is 11.3 Å². The van der Waals surface area contributed by atoms with Crippen LogP contribution in [0, 0.1) is 23.4 Å². The van der Waals surface area contributed by atoms with E-state index >= 15 is 13.2 Å². The summed E-state index contributed by atoms with van der Waals surface area (Å²) in [4.78, 5) is 13.2. The summed E-state index contributed by atoms with van der Waals surface area (Å²) in [5, 5.41) is 0. The topological polar surface area (TPSA) is 41.5 Å². The molecule has 3 aromatic rings. The van der Waals surface area contributed by atoms with Crippen molar-refractivity contribution in [3.8, 4) is 17.0 Å². The van der Waals surface area contributed by atoms with Gasteiger partial charge in [-0.2, -0.15) is 0 Å². The molecule has 1 saturated heterocycles. The largest absolute Gasteiger partial charge is 0.486 e. The first kappa shape index (κ1) is 27.1. The molecular weight excluding hydrogens is 513 g/mol. The van der Waals surface area contributed by atoms with E-state index in [4.69, 9.17) is 4.74 Å². The molecule has 3 aliphatic rings. The van der Waals surface area contributed by atoms with Crippen molar-refractivity contribution in [1.82, 2.24) is 14.9 Å². The maximum absolute atomic E-state index is 15.3. The third kappa shape index (κ3) is 5.55. The van der Waals surface area contributed by atoms with Crippen molar-refractivity contribution < 1.29 is 17.9 Å². The van der Waals surface area contributed by atoms with Crippen LogP contribution in [0.3, 0.4) is 0 Å². The second kappa shape index (κ2) is 11.4. The van der Waals surface area contributed by atoms with E-state index in [-0.39, 0.29) is 29.6 Å². The summed E-state index contributed by atoms with van der Waals surface area (Å²) in [6, 6.07) is 8.70. The van der Waals surface area contributed by atoms with Crippen LogP contribution in [0.1, 0.15) is 68.3 Å². The number of hydrogen-bond donors (Lipinski definition) is 0.